The number of nitrogens with zero attached hydrogens (tertiary/aromatic N) is 2. The van der Waals surface area contributed by atoms with E-state index in [-0.39, 0.29) is 11.5 Å². The predicted molar refractivity (Wildman–Crippen MR) is 114 cm³/mol. The largest absolute Gasteiger partial charge is 0.393 e. The van der Waals surface area contributed by atoms with Crippen molar-refractivity contribution in [1.82, 2.24) is 9.78 Å². The van der Waals surface area contributed by atoms with E-state index in [1.54, 1.807) is 0 Å². The Kier molecular flexibility index (Phi) is 4.58. The molecule has 4 nitrogen and oxygen atoms in total. The monoisotopic (exact) mass is 396 g/mol. The molecule has 0 spiro atoms. The first-order chi connectivity index (χ1) is 13.8. The van der Waals surface area contributed by atoms with Gasteiger partial charge in [0.1, 0.15) is 0 Å². The van der Waals surface area contributed by atoms with E-state index in [2.05, 4.69) is 31.9 Å². The summed E-state index contributed by atoms with van der Waals surface area (Å²) in [7, 11) is 0. The first-order valence-electron chi connectivity index (χ1n) is 11.8. The topological polar surface area (TPSA) is 55.1 Å². The summed E-state index contributed by atoms with van der Waals surface area (Å²) in [4.78, 5) is 13.5. The Balaban J connectivity index is 1.43. The number of aromatic nitrogens is 2. The highest BCUT2D eigenvalue weighted by Crippen LogP contribution is 2.66. The van der Waals surface area contributed by atoms with Crippen LogP contribution in [0.4, 0.5) is 0 Å². The maximum absolute atomic E-state index is 13.5. The second-order valence-electron chi connectivity index (χ2n) is 10.8. The van der Waals surface area contributed by atoms with Crippen molar-refractivity contribution in [2.24, 2.45) is 34.5 Å². The molecular formula is C25H36N2O2. The highest BCUT2D eigenvalue weighted by atomic mass is 16.3. The third-order valence-electron chi connectivity index (χ3n) is 9.59. The number of aliphatic hydroxyl groups excluding tert-OH is 1. The van der Waals surface area contributed by atoms with Gasteiger partial charge in [0.15, 0.2) is 5.78 Å². The van der Waals surface area contributed by atoms with Crippen molar-refractivity contribution < 1.29 is 9.90 Å². The van der Waals surface area contributed by atoms with Gasteiger partial charge in [0.05, 0.1) is 11.8 Å². The molecule has 7 atom stereocenters. The molecule has 4 aliphatic carbocycles. The lowest BCUT2D eigenvalue weighted by molar-refractivity contribution is -0.141. The van der Waals surface area contributed by atoms with E-state index in [1.165, 1.54) is 19.3 Å². The van der Waals surface area contributed by atoms with Crippen LogP contribution in [0.15, 0.2) is 17.8 Å². The molecule has 4 saturated carbocycles. The zero-order valence-electron chi connectivity index (χ0n) is 18.2. The summed E-state index contributed by atoms with van der Waals surface area (Å²) in [6.07, 6.45) is 12.7. The van der Waals surface area contributed by atoms with Gasteiger partial charge in [-0.1, -0.05) is 13.8 Å². The molecule has 29 heavy (non-hydrogen) atoms. The van der Waals surface area contributed by atoms with E-state index in [4.69, 9.17) is 0 Å². The van der Waals surface area contributed by atoms with E-state index < -0.39 is 0 Å². The lowest BCUT2D eigenvalue weighted by Crippen LogP contribution is -2.54. The maximum Gasteiger partial charge on any atom is 0.165 e. The number of carbonyl (C=O) groups is 1. The van der Waals surface area contributed by atoms with Gasteiger partial charge in [-0.25, -0.2) is 0 Å². The van der Waals surface area contributed by atoms with Gasteiger partial charge in [0.25, 0.3) is 0 Å². The van der Waals surface area contributed by atoms with Crippen LogP contribution in [-0.4, -0.2) is 26.8 Å². The molecule has 4 aliphatic rings. The molecule has 1 heterocycles. The highest BCUT2D eigenvalue weighted by molar-refractivity contribution is 6.05. The average molecular weight is 397 g/mol. The molecule has 0 amide bonds. The number of hydrogen-bond donors (Lipinski definition) is 1. The van der Waals surface area contributed by atoms with Crippen LogP contribution in [0.3, 0.4) is 0 Å². The molecule has 0 radical (unpaired) electrons. The summed E-state index contributed by atoms with van der Waals surface area (Å²) in [6, 6.07) is 2.02. The Hall–Kier alpha value is -1.42. The fraction of sp³-hybridized carbons (Fsp3) is 0.760. The molecule has 0 aromatic carbocycles. The molecule has 4 heteroatoms. The van der Waals surface area contributed by atoms with Gasteiger partial charge in [-0.3, -0.25) is 9.48 Å². The lowest BCUT2D eigenvalue weighted by atomic mass is 9.45. The summed E-state index contributed by atoms with van der Waals surface area (Å²) in [6.45, 7) is 7.70. The minimum absolute atomic E-state index is 0.0935. The Labute approximate surface area is 174 Å². The fourth-order valence-corrected chi connectivity index (χ4v) is 7.84. The summed E-state index contributed by atoms with van der Waals surface area (Å²) < 4.78 is 1.93. The molecule has 1 aromatic heterocycles. The molecule has 4 fully saturated rings. The molecular weight excluding hydrogens is 360 g/mol. The summed E-state index contributed by atoms with van der Waals surface area (Å²) >= 11 is 0. The number of Topliss-reactive ketones (excluding diaryl/α,β-unsaturated/α-hetero) is 1. The number of rotatable bonds is 2. The lowest BCUT2D eigenvalue weighted by Gasteiger charge is -2.59. The van der Waals surface area contributed by atoms with Crippen LogP contribution in [0, 0.1) is 34.5 Å². The van der Waals surface area contributed by atoms with Crippen molar-refractivity contribution in [3.63, 3.8) is 0 Å². The zero-order chi connectivity index (χ0) is 20.4. The molecule has 0 bridgehead atoms. The second kappa shape index (κ2) is 6.80. The molecule has 0 saturated heterocycles. The van der Waals surface area contributed by atoms with Gasteiger partial charge < -0.3 is 5.11 Å². The summed E-state index contributed by atoms with van der Waals surface area (Å²) in [5, 5.41) is 14.8. The summed E-state index contributed by atoms with van der Waals surface area (Å²) in [5.74, 6) is 2.92. The SMILES string of the molecule is CCn1ccc(/C=C2\C[C@H]3[C@@H]4CC[C@@H]5C[C@H](O)CC[C@]5(C)[C@H]4CC[C@]3(C)C2=O)n1. The Bertz CT molecular complexity index is 842. The van der Waals surface area contributed by atoms with Gasteiger partial charge in [-0.2, -0.15) is 5.10 Å². The number of aryl methyl sites for hydroxylation is 1. The smallest absolute Gasteiger partial charge is 0.165 e. The van der Waals surface area contributed by atoms with Gasteiger partial charge in [-0.15, -0.1) is 0 Å². The van der Waals surface area contributed by atoms with Crippen molar-refractivity contribution in [2.45, 2.75) is 84.8 Å². The maximum atomic E-state index is 13.5. The Morgan fingerprint density at radius 3 is 2.79 bits per heavy atom. The number of fused-ring (bicyclic) bond motifs is 5. The average Bonchev–Trinajstić information content (AvgIpc) is 3.26. The number of allylic oxidation sites excluding steroid dienone is 1. The van der Waals surface area contributed by atoms with Crippen LogP contribution in [0.1, 0.15) is 77.8 Å². The Morgan fingerprint density at radius 2 is 2.03 bits per heavy atom. The van der Waals surface area contributed by atoms with E-state index in [1.807, 2.05) is 16.9 Å². The van der Waals surface area contributed by atoms with Crippen LogP contribution >= 0.6 is 0 Å². The van der Waals surface area contributed by atoms with Gasteiger partial charge >= 0.3 is 0 Å². The van der Waals surface area contributed by atoms with E-state index in [9.17, 15) is 9.90 Å². The van der Waals surface area contributed by atoms with Crippen LogP contribution in [0.5, 0.6) is 0 Å². The van der Waals surface area contributed by atoms with Crippen LogP contribution in [-0.2, 0) is 11.3 Å². The minimum Gasteiger partial charge on any atom is -0.393 e. The predicted octanol–water partition coefficient (Wildman–Crippen LogP) is 4.87. The van der Waals surface area contributed by atoms with Crippen molar-refractivity contribution in [2.75, 3.05) is 0 Å². The van der Waals surface area contributed by atoms with Gasteiger partial charge in [-0.05, 0) is 105 Å². The molecule has 1 aromatic rings. The van der Waals surface area contributed by atoms with Crippen LogP contribution in [0.25, 0.3) is 6.08 Å². The molecule has 0 unspecified atom stereocenters. The first kappa shape index (κ1) is 19.5. The van der Waals surface area contributed by atoms with Crippen molar-refractivity contribution in [3.05, 3.63) is 23.5 Å². The number of carbonyl (C=O) groups excluding carboxylic acids is 1. The number of hydrogen-bond acceptors (Lipinski definition) is 3. The van der Waals surface area contributed by atoms with E-state index >= 15 is 0 Å². The van der Waals surface area contributed by atoms with Crippen LogP contribution < -0.4 is 0 Å². The quantitative estimate of drug-likeness (QED) is 0.726. The third kappa shape index (κ3) is 2.89. The molecule has 0 aliphatic heterocycles. The first-order valence-corrected chi connectivity index (χ1v) is 11.8. The number of ketones is 1. The van der Waals surface area contributed by atoms with Crippen molar-refractivity contribution >= 4 is 11.9 Å². The second-order valence-corrected chi connectivity index (χ2v) is 10.8. The summed E-state index contributed by atoms with van der Waals surface area (Å²) in [5.41, 5.74) is 2.10. The van der Waals surface area contributed by atoms with Crippen LogP contribution in [0.2, 0.25) is 0 Å². The third-order valence-corrected chi connectivity index (χ3v) is 9.59. The van der Waals surface area contributed by atoms with Gasteiger partial charge in [0.2, 0.25) is 0 Å². The van der Waals surface area contributed by atoms with Crippen molar-refractivity contribution in [1.29, 1.82) is 0 Å². The van der Waals surface area contributed by atoms with Crippen molar-refractivity contribution in [3.8, 4) is 0 Å². The van der Waals surface area contributed by atoms with Gasteiger partial charge in [0, 0.05) is 18.2 Å². The fourth-order valence-electron chi connectivity index (χ4n) is 7.84. The number of aliphatic hydroxyl groups is 1. The zero-order valence-corrected chi connectivity index (χ0v) is 18.2. The Morgan fingerprint density at radius 1 is 1.21 bits per heavy atom. The standard InChI is InChI=1S/C25H36N2O2/c1-4-27-12-9-18(26-27)13-16-14-22-20-6-5-17-15-19(28)7-10-24(17,2)21(20)8-11-25(22,3)23(16)29/h9,12-13,17,19-22,28H,4-8,10-11,14-15H2,1-3H3/b16-13+/t17-,19-,20-,21+,22+,24+,25+/m1/s1. The minimum atomic E-state index is -0.183. The molecule has 1 N–H and O–H groups in total. The molecule has 5 rings (SSSR count). The van der Waals surface area contributed by atoms with E-state index in [0.29, 0.717) is 29.0 Å². The molecule has 158 valence electrons. The normalized spacial score (nSPS) is 45.7. The van der Waals surface area contributed by atoms with E-state index in [0.717, 1.165) is 55.8 Å². The highest BCUT2D eigenvalue weighted by Gasteiger charge is 2.61.